The molecule has 0 aliphatic heterocycles. The van der Waals surface area contributed by atoms with Crippen molar-refractivity contribution in [3.63, 3.8) is 0 Å². The second kappa shape index (κ2) is 8.58. The van der Waals surface area contributed by atoms with E-state index in [1.165, 1.54) is 0 Å². The number of rotatable bonds is 4. The summed E-state index contributed by atoms with van der Waals surface area (Å²) < 4.78 is 5.59. The summed E-state index contributed by atoms with van der Waals surface area (Å²) in [6, 6.07) is 21.5. The molecule has 0 bridgehead atoms. The molecule has 3 rings (SSSR count). The number of esters is 1. The number of benzene rings is 3. The minimum atomic E-state index is -0.321. The van der Waals surface area contributed by atoms with Gasteiger partial charge in [0.25, 0.3) is 0 Å². The van der Waals surface area contributed by atoms with Crippen LogP contribution in [0.15, 0.2) is 66.7 Å². The highest BCUT2D eigenvalue weighted by atomic mass is 16.5. The molecule has 0 fully saturated rings. The Morgan fingerprint density at radius 2 is 1.26 bits per heavy atom. The monoisotopic (exact) mass is 416 g/mol. The third kappa shape index (κ3) is 5.55. The van der Waals surface area contributed by atoms with E-state index in [1.807, 2.05) is 66.7 Å². The molecule has 0 spiro atoms. The van der Waals surface area contributed by atoms with E-state index in [0.717, 1.165) is 27.8 Å². The molecular weight excluding hydrogens is 384 g/mol. The molecule has 1 N–H and O–H groups in total. The molecule has 3 aromatic carbocycles. The molecule has 0 unspecified atom stereocenters. The Morgan fingerprint density at radius 1 is 0.774 bits per heavy atom. The fourth-order valence-electron chi connectivity index (χ4n) is 3.62. The minimum Gasteiger partial charge on any atom is -0.507 e. The highest BCUT2D eigenvalue weighted by Crippen LogP contribution is 2.40. The van der Waals surface area contributed by atoms with Crippen molar-refractivity contribution in [2.75, 3.05) is 0 Å². The predicted molar refractivity (Wildman–Crippen MR) is 127 cm³/mol. The van der Waals surface area contributed by atoms with Gasteiger partial charge in [0, 0.05) is 0 Å². The number of phenols is 1. The Kier molecular flexibility index (Phi) is 6.26. The first kappa shape index (κ1) is 22.6. The van der Waals surface area contributed by atoms with Gasteiger partial charge in [-0.05, 0) is 50.8 Å². The molecule has 3 heteroatoms. The van der Waals surface area contributed by atoms with Crippen molar-refractivity contribution in [3.8, 4) is 22.6 Å². The Labute approximate surface area is 185 Å². The van der Waals surface area contributed by atoms with Crippen LogP contribution < -0.4 is 4.74 Å². The molecule has 3 aromatic rings. The SMILES string of the molecule is CC(C)(C)c1cc(CC(=O)Oc2ccc(-c3ccccc3)cc2)cc(C(C)(C)C)c1O. The minimum absolute atomic E-state index is 0.146. The summed E-state index contributed by atoms with van der Waals surface area (Å²) in [5, 5.41) is 10.9. The summed E-state index contributed by atoms with van der Waals surface area (Å²) in [5.74, 6) is 0.516. The molecule has 0 aliphatic rings. The van der Waals surface area contributed by atoms with E-state index in [-0.39, 0.29) is 23.2 Å². The predicted octanol–water partition coefficient (Wildman–Crippen LogP) is 6.80. The fourth-order valence-corrected chi connectivity index (χ4v) is 3.62. The standard InChI is InChI=1S/C28H32O3/c1-27(2,3)23-16-19(17-24(26(23)30)28(4,5)6)18-25(29)31-22-14-12-21(13-15-22)20-10-8-7-9-11-20/h7-17,30H,18H2,1-6H3. The van der Waals surface area contributed by atoms with Crippen LogP contribution in [-0.2, 0) is 22.0 Å². The zero-order chi connectivity index (χ0) is 22.8. The van der Waals surface area contributed by atoms with Crippen LogP contribution in [0.1, 0.15) is 58.2 Å². The van der Waals surface area contributed by atoms with Crippen molar-refractivity contribution in [2.45, 2.75) is 58.8 Å². The van der Waals surface area contributed by atoms with Crippen molar-refractivity contribution in [1.82, 2.24) is 0 Å². The van der Waals surface area contributed by atoms with Gasteiger partial charge in [0.15, 0.2) is 0 Å². The second-order valence-electron chi connectivity index (χ2n) is 10.1. The normalized spacial score (nSPS) is 11.9. The average molecular weight is 417 g/mol. The quantitative estimate of drug-likeness (QED) is 0.376. The van der Waals surface area contributed by atoms with Gasteiger partial charge in [0.2, 0.25) is 0 Å². The molecular formula is C28H32O3. The first-order valence-corrected chi connectivity index (χ1v) is 10.7. The molecule has 0 atom stereocenters. The first-order valence-electron chi connectivity index (χ1n) is 10.7. The smallest absolute Gasteiger partial charge is 0.315 e. The molecule has 0 saturated heterocycles. The van der Waals surface area contributed by atoms with E-state index in [2.05, 4.69) is 41.5 Å². The molecule has 0 saturated carbocycles. The number of aromatic hydroxyl groups is 1. The molecule has 0 heterocycles. The second-order valence-corrected chi connectivity index (χ2v) is 10.1. The van der Waals surface area contributed by atoms with Gasteiger partial charge in [-0.15, -0.1) is 0 Å². The van der Waals surface area contributed by atoms with Gasteiger partial charge in [-0.1, -0.05) is 96.1 Å². The van der Waals surface area contributed by atoms with Crippen molar-refractivity contribution < 1.29 is 14.6 Å². The third-order valence-electron chi connectivity index (χ3n) is 5.33. The zero-order valence-corrected chi connectivity index (χ0v) is 19.3. The number of ether oxygens (including phenoxy) is 1. The number of carbonyl (C=O) groups is 1. The van der Waals surface area contributed by atoms with E-state index in [9.17, 15) is 9.90 Å². The summed E-state index contributed by atoms with van der Waals surface area (Å²) >= 11 is 0. The zero-order valence-electron chi connectivity index (χ0n) is 19.3. The highest BCUT2D eigenvalue weighted by Gasteiger charge is 2.27. The molecule has 0 amide bonds. The fraction of sp³-hybridized carbons (Fsp3) is 0.321. The van der Waals surface area contributed by atoms with Crippen molar-refractivity contribution in [3.05, 3.63) is 83.4 Å². The van der Waals surface area contributed by atoms with Gasteiger partial charge < -0.3 is 9.84 Å². The lowest BCUT2D eigenvalue weighted by Crippen LogP contribution is -2.19. The van der Waals surface area contributed by atoms with Crippen LogP contribution in [0, 0.1) is 0 Å². The van der Waals surface area contributed by atoms with Crippen molar-refractivity contribution in [2.24, 2.45) is 0 Å². The van der Waals surface area contributed by atoms with Crippen LogP contribution in [0.4, 0.5) is 0 Å². The Hall–Kier alpha value is -3.07. The van der Waals surface area contributed by atoms with E-state index >= 15 is 0 Å². The Balaban J connectivity index is 1.80. The summed E-state index contributed by atoms with van der Waals surface area (Å²) in [5.41, 5.74) is 4.25. The summed E-state index contributed by atoms with van der Waals surface area (Å²) in [4.78, 5) is 12.7. The van der Waals surface area contributed by atoms with Gasteiger partial charge in [-0.3, -0.25) is 4.79 Å². The maximum absolute atomic E-state index is 12.7. The topological polar surface area (TPSA) is 46.5 Å². The van der Waals surface area contributed by atoms with Gasteiger partial charge in [-0.25, -0.2) is 0 Å². The maximum atomic E-state index is 12.7. The first-order chi connectivity index (χ1) is 14.4. The van der Waals surface area contributed by atoms with Crippen LogP contribution in [0.3, 0.4) is 0 Å². The van der Waals surface area contributed by atoms with E-state index < -0.39 is 0 Å². The van der Waals surface area contributed by atoms with Crippen LogP contribution in [-0.4, -0.2) is 11.1 Å². The molecule has 162 valence electrons. The maximum Gasteiger partial charge on any atom is 0.315 e. The van der Waals surface area contributed by atoms with Crippen LogP contribution in [0.25, 0.3) is 11.1 Å². The number of phenolic OH excluding ortho intramolecular Hbond substituents is 1. The highest BCUT2D eigenvalue weighted by molar-refractivity contribution is 5.76. The largest absolute Gasteiger partial charge is 0.507 e. The lowest BCUT2D eigenvalue weighted by molar-refractivity contribution is -0.133. The van der Waals surface area contributed by atoms with Crippen LogP contribution in [0.5, 0.6) is 11.5 Å². The van der Waals surface area contributed by atoms with Gasteiger partial charge in [0.1, 0.15) is 11.5 Å². The Bertz CT molecular complexity index is 1020. The molecule has 0 aromatic heterocycles. The van der Waals surface area contributed by atoms with Crippen LogP contribution >= 0.6 is 0 Å². The third-order valence-corrected chi connectivity index (χ3v) is 5.33. The van der Waals surface area contributed by atoms with Crippen LogP contribution in [0.2, 0.25) is 0 Å². The van der Waals surface area contributed by atoms with Crippen molar-refractivity contribution in [1.29, 1.82) is 0 Å². The van der Waals surface area contributed by atoms with E-state index in [0.29, 0.717) is 11.5 Å². The van der Waals surface area contributed by atoms with Gasteiger partial charge in [0.05, 0.1) is 6.42 Å². The van der Waals surface area contributed by atoms with E-state index in [4.69, 9.17) is 4.74 Å². The molecule has 3 nitrogen and oxygen atoms in total. The lowest BCUT2D eigenvalue weighted by atomic mass is 9.78. The average Bonchev–Trinajstić information content (AvgIpc) is 2.68. The summed E-state index contributed by atoms with van der Waals surface area (Å²) in [6.07, 6.45) is 0.146. The lowest BCUT2D eigenvalue weighted by Gasteiger charge is -2.28. The van der Waals surface area contributed by atoms with E-state index in [1.54, 1.807) is 0 Å². The Morgan fingerprint density at radius 3 is 1.74 bits per heavy atom. The summed E-state index contributed by atoms with van der Waals surface area (Å²) in [7, 11) is 0. The number of hydrogen-bond donors (Lipinski definition) is 1. The number of carbonyl (C=O) groups excluding carboxylic acids is 1. The molecule has 0 radical (unpaired) electrons. The van der Waals surface area contributed by atoms with Gasteiger partial charge >= 0.3 is 5.97 Å². The van der Waals surface area contributed by atoms with Crippen molar-refractivity contribution >= 4 is 5.97 Å². The summed E-state index contributed by atoms with van der Waals surface area (Å²) in [6.45, 7) is 12.4. The number of hydrogen-bond acceptors (Lipinski definition) is 3. The van der Waals surface area contributed by atoms with Gasteiger partial charge in [-0.2, -0.15) is 0 Å². The molecule has 0 aliphatic carbocycles. The molecule has 31 heavy (non-hydrogen) atoms.